The lowest BCUT2D eigenvalue weighted by atomic mass is 9.87. The van der Waals surface area contributed by atoms with Crippen molar-refractivity contribution in [3.8, 4) is 0 Å². The van der Waals surface area contributed by atoms with Gasteiger partial charge < -0.3 is 15.5 Å². The second-order valence-electron chi connectivity index (χ2n) is 6.13. The summed E-state index contributed by atoms with van der Waals surface area (Å²) < 4.78 is 0. The smallest absolute Gasteiger partial charge is 0.227 e. The third kappa shape index (κ3) is 2.36. The molecule has 2 bridgehead atoms. The summed E-state index contributed by atoms with van der Waals surface area (Å²) in [6, 6.07) is 0.941. The molecular weight excluding hydrogens is 242 g/mol. The van der Waals surface area contributed by atoms with Crippen LogP contribution in [0.2, 0.25) is 0 Å². The molecule has 0 aromatic carbocycles. The second kappa shape index (κ2) is 5.12. The Hall–Kier alpha value is -1.10. The van der Waals surface area contributed by atoms with E-state index in [0.717, 1.165) is 32.2 Å². The average Bonchev–Trinajstić information content (AvgIpc) is 3.08. The Morgan fingerprint density at radius 3 is 2.74 bits per heavy atom. The van der Waals surface area contributed by atoms with Crippen molar-refractivity contribution in [3.05, 3.63) is 0 Å². The molecule has 0 radical (unpaired) electrons. The van der Waals surface area contributed by atoms with Crippen molar-refractivity contribution in [2.45, 2.75) is 44.2 Å². The van der Waals surface area contributed by atoms with Crippen LogP contribution in [-0.2, 0) is 9.59 Å². The number of likely N-dealkylation sites (tertiary alicyclic amines) is 1. The molecule has 3 rings (SSSR count). The van der Waals surface area contributed by atoms with E-state index < -0.39 is 0 Å². The van der Waals surface area contributed by atoms with Crippen molar-refractivity contribution in [1.82, 2.24) is 15.5 Å². The first-order valence-electron chi connectivity index (χ1n) is 7.45. The number of nitrogens with one attached hydrogen (secondary N) is 2. The zero-order valence-electron chi connectivity index (χ0n) is 11.5. The molecule has 4 unspecified atom stereocenters. The summed E-state index contributed by atoms with van der Waals surface area (Å²) in [7, 11) is 1.67. The first kappa shape index (κ1) is 12.9. The Morgan fingerprint density at radius 1 is 1.26 bits per heavy atom. The molecule has 3 heterocycles. The largest absolute Gasteiger partial charge is 0.359 e. The Morgan fingerprint density at radius 2 is 2.11 bits per heavy atom. The van der Waals surface area contributed by atoms with Crippen LogP contribution in [0.5, 0.6) is 0 Å². The summed E-state index contributed by atoms with van der Waals surface area (Å²) in [4.78, 5) is 26.3. The fourth-order valence-corrected chi connectivity index (χ4v) is 3.93. The standard InChI is InChI=1S/C14H23N3O2/c1-15-13(18)9-3-2-6-17(8-9)14(19)11-7-10-4-5-12(11)16-10/h9-12,16H,2-8H2,1H3,(H,15,18). The first-order valence-corrected chi connectivity index (χ1v) is 7.45. The summed E-state index contributed by atoms with van der Waals surface area (Å²) in [5.41, 5.74) is 0. The monoisotopic (exact) mass is 265 g/mol. The number of nitrogens with zero attached hydrogens (tertiary/aromatic N) is 1. The number of carbonyl (C=O) groups is 2. The highest BCUT2D eigenvalue weighted by Crippen LogP contribution is 2.35. The lowest BCUT2D eigenvalue weighted by Gasteiger charge is -2.35. The quantitative estimate of drug-likeness (QED) is 0.745. The minimum absolute atomic E-state index is 0.0192. The van der Waals surface area contributed by atoms with Crippen LogP contribution in [0, 0.1) is 11.8 Å². The molecule has 2 amide bonds. The van der Waals surface area contributed by atoms with Gasteiger partial charge in [0.1, 0.15) is 0 Å². The molecular formula is C14H23N3O2. The minimum Gasteiger partial charge on any atom is -0.359 e. The van der Waals surface area contributed by atoms with Gasteiger partial charge in [0.05, 0.1) is 11.8 Å². The van der Waals surface area contributed by atoms with Gasteiger partial charge in [-0.05, 0) is 32.1 Å². The lowest BCUT2D eigenvalue weighted by Crippen LogP contribution is -2.48. The van der Waals surface area contributed by atoms with E-state index >= 15 is 0 Å². The number of hydrogen-bond acceptors (Lipinski definition) is 3. The van der Waals surface area contributed by atoms with E-state index in [1.165, 1.54) is 6.42 Å². The van der Waals surface area contributed by atoms with Crippen molar-refractivity contribution < 1.29 is 9.59 Å². The zero-order chi connectivity index (χ0) is 13.4. The summed E-state index contributed by atoms with van der Waals surface area (Å²) in [5, 5.41) is 6.22. The highest BCUT2D eigenvalue weighted by Gasteiger charge is 2.44. The minimum atomic E-state index is -0.0192. The number of hydrogen-bond donors (Lipinski definition) is 2. The topological polar surface area (TPSA) is 61.4 Å². The van der Waals surface area contributed by atoms with Crippen LogP contribution in [0.1, 0.15) is 32.1 Å². The van der Waals surface area contributed by atoms with E-state index in [4.69, 9.17) is 0 Å². The van der Waals surface area contributed by atoms with Crippen LogP contribution < -0.4 is 10.6 Å². The third-order valence-corrected chi connectivity index (χ3v) is 4.97. The van der Waals surface area contributed by atoms with Crippen LogP contribution in [0.25, 0.3) is 0 Å². The fraction of sp³-hybridized carbons (Fsp3) is 0.857. The average molecular weight is 265 g/mol. The number of fused-ring (bicyclic) bond motifs is 2. The molecule has 0 aromatic heterocycles. The molecule has 3 aliphatic heterocycles. The van der Waals surface area contributed by atoms with Crippen molar-refractivity contribution >= 4 is 11.8 Å². The molecule has 4 atom stereocenters. The van der Waals surface area contributed by atoms with Gasteiger partial charge in [-0.1, -0.05) is 0 Å². The van der Waals surface area contributed by atoms with E-state index in [1.54, 1.807) is 7.05 Å². The maximum Gasteiger partial charge on any atom is 0.227 e. The fourth-order valence-electron chi connectivity index (χ4n) is 3.93. The van der Waals surface area contributed by atoms with E-state index in [-0.39, 0.29) is 23.7 Å². The van der Waals surface area contributed by atoms with Crippen molar-refractivity contribution in [2.75, 3.05) is 20.1 Å². The van der Waals surface area contributed by atoms with Gasteiger partial charge in [0.15, 0.2) is 0 Å². The Labute approximate surface area is 114 Å². The summed E-state index contributed by atoms with van der Waals surface area (Å²) in [5.74, 6) is 0.480. The van der Waals surface area contributed by atoms with E-state index in [2.05, 4.69) is 10.6 Å². The van der Waals surface area contributed by atoms with Gasteiger partial charge in [-0.3, -0.25) is 9.59 Å². The van der Waals surface area contributed by atoms with Gasteiger partial charge in [0, 0.05) is 32.2 Å². The molecule has 5 nitrogen and oxygen atoms in total. The van der Waals surface area contributed by atoms with Gasteiger partial charge in [0.25, 0.3) is 0 Å². The molecule has 106 valence electrons. The Balaban J connectivity index is 1.62. The maximum atomic E-state index is 12.6. The molecule has 3 fully saturated rings. The Kier molecular flexibility index (Phi) is 3.48. The lowest BCUT2D eigenvalue weighted by molar-refractivity contribution is -0.139. The number of carbonyl (C=O) groups excluding carboxylic acids is 2. The van der Waals surface area contributed by atoms with Crippen molar-refractivity contribution in [1.29, 1.82) is 0 Å². The number of piperidine rings is 1. The van der Waals surface area contributed by atoms with Crippen LogP contribution in [0.4, 0.5) is 0 Å². The van der Waals surface area contributed by atoms with Gasteiger partial charge in [-0.2, -0.15) is 0 Å². The number of amides is 2. The third-order valence-electron chi connectivity index (χ3n) is 4.97. The van der Waals surface area contributed by atoms with E-state index in [9.17, 15) is 9.59 Å². The van der Waals surface area contributed by atoms with Crippen LogP contribution >= 0.6 is 0 Å². The predicted molar refractivity (Wildman–Crippen MR) is 71.4 cm³/mol. The van der Waals surface area contributed by atoms with Gasteiger partial charge in [0.2, 0.25) is 11.8 Å². The van der Waals surface area contributed by atoms with Gasteiger partial charge in [-0.15, -0.1) is 0 Å². The first-order chi connectivity index (χ1) is 9.19. The molecule has 3 saturated heterocycles. The molecule has 19 heavy (non-hydrogen) atoms. The van der Waals surface area contributed by atoms with Gasteiger partial charge >= 0.3 is 0 Å². The summed E-state index contributed by atoms with van der Waals surface area (Å²) >= 11 is 0. The molecule has 3 aliphatic rings. The normalized spacial score (nSPS) is 37.4. The van der Waals surface area contributed by atoms with Crippen molar-refractivity contribution in [3.63, 3.8) is 0 Å². The maximum absolute atomic E-state index is 12.6. The van der Waals surface area contributed by atoms with E-state index in [0.29, 0.717) is 18.6 Å². The highest BCUT2D eigenvalue weighted by molar-refractivity contribution is 5.83. The molecule has 2 N–H and O–H groups in total. The molecule has 0 spiro atoms. The zero-order valence-corrected chi connectivity index (χ0v) is 11.5. The molecule has 5 heteroatoms. The molecule has 0 aliphatic carbocycles. The molecule has 0 aromatic rings. The van der Waals surface area contributed by atoms with Gasteiger partial charge in [-0.25, -0.2) is 0 Å². The predicted octanol–water partition coefficient (Wildman–Crippen LogP) is 0.112. The van der Waals surface area contributed by atoms with E-state index in [1.807, 2.05) is 4.90 Å². The van der Waals surface area contributed by atoms with Crippen LogP contribution in [0.3, 0.4) is 0 Å². The van der Waals surface area contributed by atoms with Crippen molar-refractivity contribution in [2.24, 2.45) is 11.8 Å². The highest BCUT2D eigenvalue weighted by atomic mass is 16.2. The molecule has 0 saturated carbocycles. The number of rotatable bonds is 2. The Bertz CT molecular complexity index is 385. The van der Waals surface area contributed by atoms with Crippen LogP contribution in [0.15, 0.2) is 0 Å². The summed E-state index contributed by atoms with van der Waals surface area (Å²) in [6.45, 7) is 1.42. The SMILES string of the molecule is CNC(=O)C1CCCN(C(=O)C2CC3CCC2N3)C1. The summed E-state index contributed by atoms with van der Waals surface area (Å²) in [6.07, 6.45) is 5.18. The van der Waals surface area contributed by atoms with Crippen LogP contribution in [-0.4, -0.2) is 48.9 Å². The second-order valence-corrected chi connectivity index (χ2v) is 6.13.